The fourth-order valence-corrected chi connectivity index (χ4v) is 2.27. The van der Waals surface area contributed by atoms with Crippen LogP contribution in [0.5, 0.6) is 0 Å². The molecule has 1 nitrogen and oxygen atoms in total. The topological polar surface area (TPSA) is 26.0 Å². The van der Waals surface area contributed by atoms with Crippen molar-refractivity contribution in [2.24, 2.45) is 11.7 Å². The van der Waals surface area contributed by atoms with Gasteiger partial charge >= 0.3 is 0 Å². The predicted octanol–water partition coefficient (Wildman–Crippen LogP) is 3.89. The number of halogens is 2. The lowest BCUT2D eigenvalue weighted by Crippen LogP contribution is -2.22. The highest BCUT2D eigenvalue weighted by molar-refractivity contribution is 9.10. The third kappa shape index (κ3) is 4.22. The highest BCUT2D eigenvalue weighted by Crippen LogP contribution is 2.22. The van der Waals surface area contributed by atoms with E-state index < -0.39 is 0 Å². The van der Waals surface area contributed by atoms with E-state index in [1.807, 2.05) is 6.07 Å². The Hall–Kier alpha value is -0.410. The highest BCUT2D eigenvalue weighted by Gasteiger charge is 2.09. The third-order valence-electron chi connectivity index (χ3n) is 2.59. The number of hydrogen-bond acceptors (Lipinski definition) is 1. The van der Waals surface area contributed by atoms with Crippen molar-refractivity contribution in [1.82, 2.24) is 0 Å². The van der Waals surface area contributed by atoms with Gasteiger partial charge in [0, 0.05) is 6.04 Å². The van der Waals surface area contributed by atoms with Gasteiger partial charge in [0.1, 0.15) is 5.82 Å². The summed E-state index contributed by atoms with van der Waals surface area (Å²) in [4.78, 5) is 0. The summed E-state index contributed by atoms with van der Waals surface area (Å²) in [7, 11) is 0. The summed E-state index contributed by atoms with van der Waals surface area (Å²) >= 11 is 3.27. The molecule has 0 aliphatic heterocycles. The van der Waals surface area contributed by atoms with E-state index in [0.717, 1.165) is 24.8 Å². The van der Waals surface area contributed by atoms with E-state index in [4.69, 9.17) is 5.73 Å². The van der Waals surface area contributed by atoms with Crippen LogP contribution in [0.4, 0.5) is 4.39 Å². The predicted molar refractivity (Wildman–Crippen MR) is 69.9 cm³/mol. The molecule has 0 aliphatic rings. The van der Waals surface area contributed by atoms with Crippen LogP contribution in [-0.2, 0) is 6.42 Å². The molecule has 1 atom stereocenters. The van der Waals surface area contributed by atoms with Crippen LogP contribution in [0.1, 0.15) is 32.3 Å². The van der Waals surface area contributed by atoms with Gasteiger partial charge in [-0.05, 0) is 52.7 Å². The van der Waals surface area contributed by atoms with E-state index in [9.17, 15) is 4.39 Å². The summed E-state index contributed by atoms with van der Waals surface area (Å²) in [5, 5.41) is 0. The first-order chi connectivity index (χ1) is 7.50. The van der Waals surface area contributed by atoms with Gasteiger partial charge in [-0.2, -0.15) is 0 Å². The van der Waals surface area contributed by atoms with E-state index in [2.05, 4.69) is 29.8 Å². The third-order valence-corrected chi connectivity index (χ3v) is 3.48. The molecule has 3 heteroatoms. The van der Waals surface area contributed by atoms with E-state index in [1.54, 1.807) is 6.07 Å². The first-order valence-electron chi connectivity index (χ1n) is 5.69. The van der Waals surface area contributed by atoms with E-state index in [-0.39, 0.29) is 11.9 Å². The molecular formula is C13H19BrFN. The van der Waals surface area contributed by atoms with Crippen LogP contribution in [0.3, 0.4) is 0 Å². The van der Waals surface area contributed by atoms with Crippen molar-refractivity contribution in [3.8, 4) is 0 Å². The zero-order valence-electron chi connectivity index (χ0n) is 9.84. The first kappa shape index (κ1) is 13.7. The molecule has 0 fully saturated rings. The Labute approximate surface area is 105 Å². The van der Waals surface area contributed by atoms with Gasteiger partial charge in [0.15, 0.2) is 0 Å². The Morgan fingerprint density at radius 2 is 2.06 bits per heavy atom. The Kier molecular flexibility index (Phi) is 5.42. The molecule has 2 N–H and O–H groups in total. The van der Waals surface area contributed by atoms with Gasteiger partial charge in [0.05, 0.1) is 4.47 Å². The summed E-state index contributed by atoms with van der Waals surface area (Å²) in [5.74, 6) is 0.417. The van der Waals surface area contributed by atoms with Crippen molar-refractivity contribution < 1.29 is 4.39 Å². The molecule has 1 rings (SSSR count). The standard InChI is InChI=1S/C13H19BrFN/c1-9(2)8-11(16)7-6-10-4-3-5-12(15)13(10)14/h3-5,9,11H,6-8,16H2,1-2H3. The molecule has 0 aliphatic carbocycles. The molecule has 0 bridgehead atoms. The van der Waals surface area contributed by atoms with Crippen LogP contribution < -0.4 is 5.73 Å². The van der Waals surface area contributed by atoms with Crippen molar-refractivity contribution in [3.05, 3.63) is 34.1 Å². The molecule has 0 amide bonds. The second-order valence-corrected chi connectivity index (χ2v) is 5.43. The largest absolute Gasteiger partial charge is 0.328 e. The normalized spacial score (nSPS) is 13.1. The van der Waals surface area contributed by atoms with Crippen molar-refractivity contribution in [1.29, 1.82) is 0 Å². The Morgan fingerprint density at radius 3 is 2.69 bits per heavy atom. The monoisotopic (exact) mass is 287 g/mol. The number of hydrogen-bond donors (Lipinski definition) is 1. The van der Waals surface area contributed by atoms with Gasteiger partial charge in [-0.25, -0.2) is 4.39 Å². The quantitative estimate of drug-likeness (QED) is 0.874. The summed E-state index contributed by atoms with van der Waals surface area (Å²) in [6.07, 6.45) is 2.75. The molecule has 1 aromatic rings. The summed E-state index contributed by atoms with van der Waals surface area (Å²) in [5.41, 5.74) is 7.00. The Bertz CT molecular complexity index is 339. The molecule has 0 saturated carbocycles. The minimum absolute atomic E-state index is 0.199. The van der Waals surface area contributed by atoms with E-state index in [0.29, 0.717) is 10.4 Å². The maximum absolute atomic E-state index is 13.2. The maximum Gasteiger partial charge on any atom is 0.137 e. The highest BCUT2D eigenvalue weighted by atomic mass is 79.9. The molecule has 1 unspecified atom stereocenters. The molecule has 16 heavy (non-hydrogen) atoms. The van der Waals surface area contributed by atoms with Gasteiger partial charge in [0.25, 0.3) is 0 Å². The average molecular weight is 288 g/mol. The maximum atomic E-state index is 13.2. The second kappa shape index (κ2) is 6.36. The number of benzene rings is 1. The Morgan fingerprint density at radius 1 is 1.38 bits per heavy atom. The fraction of sp³-hybridized carbons (Fsp3) is 0.538. The molecule has 0 heterocycles. The van der Waals surface area contributed by atoms with Crippen molar-refractivity contribution in [3.63, 3.8) is 0 Å². The van der Waals surface area contributed by atoms with Gasteiger partial charge in [-0.15, -0.1) is 0 Å². The lowest BCUT2D eigenvalue weighted by atomic mass is 9.98. The van der Waals surface area contributed by atoms with Crippen LogP contribution in [0.2, 0.25) is 0 Å². The average Bonchev–Trinajstić information content (AvgIpc) is 2.19. The summed E-state index contributed by atoms with van der Waals surface area (Å²) in [6, 6.07) is 5.34. The van der Waals surface area contributed by atoms with Gasteiger partial charge in [-0.3, -0.25) is 0 Å². The number of rotatable bonds is 5. The number of aryl methyl sites for hydroxylation is 1. The van der Waals surface area contributed by atoms with Crippen LogP contribution in [0, 0.1) is 11.7 Å². The van der Waals surface area contributed by atoms with Crippen LogP contribution in [0.15, 0.2) is 22.7 Å². The SMILES string of the molecule is CC(C)CC(N)CCc1cccc(F)c1Br. The smallest absolute Gasteiger partial charge is 0.137 e. The summed E-state index contributed by atoms with van der Waals surface area (Å²) < 4.78 is 13.8. The minimum Gasteiger partial charge on any atom is -0.328 e. The zero-order valence-corrected chi connectivity index (χ0v) is 11.4. The molecule has 0 saturated heterocycles. The van der Waals surface area contributed by atoms with Gasteiger partial charge in [0.2, 0.25) is 0 Å². The van der Waals surface area contributed by atoms with Crippen molar-refractivity contribution in [2.75, 3.05) is 0 Å². The van der Waals surface area contributed by atoms with E-state index in [1.165, 1.54) is 6.07 Å². The molecular weight excluding hydrogens is 269 g/mol. The van der Waals surface area contributed by atoms with Crippen LogP contribution in [-0.4, -0.2) is 6.04 Å². The number of nitrogens with two attached hydrogens (primary N) is 1. The Balaban J connectivity index is 2.51. The zero-order chi connectivity index (χ0) is 12.1. The molecule has 0 radical (unpaired) electrons. The van der Waals surface area contributed by atoms with Crippen LogP contribution >= 0.6 is 15.9 Å². The molecule has 1 aromatic carbocycles. The molecule has 0 spiro atoms. The van der Waals surface area contributed by atoms with Gasteiger partial charge < -0.3 is 5.73 Å². The lowest BCUT2D eigenvalue weighted by Gasteiger charge is -2.14. The summed E-state index contributed by atoms with van der Waals surface area (Å²) in [6.45, 7) is 4.33. The molecule has 90 valence electrons. The molecule has 0 aromatic heterocycles. The minimum atomic E-state index is -0.199. The lowest BCUT2D eigenvalue weighted by molar-refractivity contribution is 0.472. The second-order valence-electron chi connectivity index (χ2n) is 4.64. The van der Waals surface area contributed by atoms with E-state index >= 15 is 0 Å². The fourth-order valence-electron chi connectivity index (χ4n) is 1.81. The first-order valence-corrected chi connectivity index (χ1v) is 6.48. The van der Waals surface area contributed by atoms with Gasteiger partial charge in [-0.1, -0.05) is 26.0 Å². The van der Waals surface area contributed by atoms with Crippen molar-refractivity contribution in [2.45, 2.75) is 39.2 Å². The van der Waals surface area contributed by atoms with Crippen molar-refractivity contribution >= 4 is 15.9 Å². The van der Waals surface area contributed by atoms with Crippen LogP contribution in [0.25, 0.3) is 0 Å².